The predicted octanol–water partition coefficient (Wildman–Crippen LogP) is 2.66. The van der Waals surface area contributed by atoms with Crippen LogP contribution in [0.5, 0.6) is 0 Å². The highest BCUT2D eigenvalue weighted by Crippen LogP contribution is 2.17. The SMILES string of the molecule is O=C(Nc1ccc(N2CCN(C(=O)O)CC2)nc1)Nc1ccccc1F. The summed E-state index contributed by atoms with van der Waals surface area (Å²) in [6.45, 7) is 1.95. The Kier molecular flexibility index (Phi) is 5.16. The molecule has 0 saturated carbocycles. The van der Waals surface area contributed by atoms with Crippen molar-refractivity contribution in [2.75, 3.05) is 41.7 Å². The van der Waals surface area contributed by atoms with Gasteiger partial charge in [0, 0.05) is 26.2 Å². The number of halogens is 1. The van der Waals surface area contributed by atoms with Crippen molar-refractivity contribution in [2.45, 2.75) is 0 Å². The third-order valence-corrected chi connectivity index (χ3v) is 4.00. The lowest BCUT2D eigenvalue weighted by molar-refractivity contribution is 0.142. The van der Waals surface area contributed by atoms with Crippen molar-refractivity contribution in [2.24, 2.45) is 0 Å². The van der Waals surface area contributed by atoms with Crippen LogP contribution >= 0.6 is 0 Å². The molecule has 1 aliphatic rings. The molecule has 2 heterocycles. The normalized spacial score (nSPS) is 14.0. The molecule has 136 valence electrons. The summed E-state index contributed by atoms with van der Waals surface area (Å²) in [5.74, 6) is 0.187. The second-order valence-corrected chi connectivity index (χ2v) is 5.72. The van der Waals surface area contributed by atoms with E-state index < -0.39 is 17.9 Å². The van der Waals surface area contributed by atoms with Crippen molar-refractivity contribution in [3.63, 3.8) is 0 Å². The number of hydrogen-bond donors (Lipinski definition) is 3. The van der Waals surface area contributed by atoms with Crippen LogP contribution in [0.15, 0.2) is 42.6 Å². The molecule has 2 aromatic rings. The van der Waals surface area contributed by atoms with E-state index in [1.807, 2.05) is 4.90 Å². The maximum atomic E-state index is 13.5. The number of carbonyl (C=O) groups excluding carboxylic acids is 1. The van der Waals surface area contributed by atoms with Gasteiger partial charge < -0.3 is 25.5 Å². The molecule has 26 heavy (non-hydrogen) atoms. The van der Waals surface area contributed by atoms with Crippen LogP contribution in [0.25, 0.3) is 0 Å². The Hall–Kier alpha value is -3.36. The Morgan fingerprint density at radius 2 is 1.77 bits per heavy atom. The molecule has 1 aliphatic heterocycles. The van der Waals surface area contributed by atoms with E-state index in [0.29, 0.717) is 37.7 Å². The molecule has 1 fully saturated rings. The molecule has 0 radical (unpaired) electrons. The highest BCUT2D eigenvalue weighted by Gasteiger charge is 2.21. The third-order valence-electron chi connectivity index (χ3n) is 4.00. The van der Waals surface area contributed by atoms with Gasteiger partial charge in [-0.2, -0.15) is 0 Å². The first-order valence-electron chi connectivity index (χ1n) is 8.04. The van der Waals surface area contributed by atoms with Crippen LogP contribution in [0.4, 0.5) is 31.2 Å². The van der Waals surface area contributed by atoms with E-state index in [9.17, 15) is 14.0 Å². The summed E-state index contributed by atoms with van der Waals surface area (Å²) in [4.78, 5) is 30.5. The summed E-state index contributed by atoms with van der Waals surface area (Å²) >= 11 is 0. The number of urea groups is 1. The van der Waals surface area contributed by atoms with Crippen LogP contribution < -0.4 is 15.5 Å². The second kappa shape index (κ2) is 7.68. The van der Waals surface area contributed by atoms with Crippen molar-refractivity contribution in [1.29, 1.82) is 0 Å². The van der Waals surface area contributed by atoms with E-state index in [2.05, 4.69) is 15.6 Å². The van der Waals surface area contributed by atoms with Gasteiger partial charge >= 0.3 is 12.1 Å². The number of hydrogen-bond acceptors (Lipinski definition) is 4. The third kappa shape index (κ3) is 4.18. The average molecular weight is 359 g/mol. The van der Waals surface area contributed by atoms with Crippen molar-refractivity contribution in [3.8, 4) is 0 Å². The second-order valence-electron chi connectivity index (χ2n) is 5.72. The van der Waals surface area contributed by atoms with Crippen molar-refractivity contribution in [1.82, 2.24) is 9.88 Å². The lowest BCUT2D eigenvalue weighted by Gasteiger charge is -2.33. The van der Waals surface area contributed by atoms with Crippen LogP contribution in [0.2, 0.25) is 0 Å². The topological polar surface area (TPSA) is 97.8 Å². The minimum Gasteiger partial charge on any atom is -0.465 e. The van der Waals surface area contributed by atoms with E-state index in [4.69, 9.17) is 5.11 Å². The van der Waals surface area contributed by atoms with Gasteiger partial charge in [0.25, 0.3) is 0 Å². The maximum Gasteiger partial charge on any atom is 0.407 e. The Labute approximate surface area is 149 Å². The maximum absolute atomic E-state index is 13.5. The van der Waals surface area contributed by atoms with E-state index in [0.717, 1.165) is 0 Å². The van der Waals surface area contributed by atoms with Gasteiger partial charge in [-0.05, 0) is 24.3 Å². The highest BCUT2D eigenvalue weighted by molar-refractivity contribution is 5.99. The lowest BCUT2D eigenvalue weighted by Crippen LogP contribution is -2.48. The summed E-state index contributed by atoms with van der Waals surface area (Å²) in [5.41, 5.74) is 0.553. The number of piperazine rings is 1. The zero-order valence-electron chi connectivity index (χ0n) is 13.9. The quantitative estimate of drug-likeness (QED) is 0.783. The summed E-state index contributed by atoms with van der Waals surface area (Å²) in [6.07, 6.45) is 0.581. The molecule has 1 aromatic heterocycles. The lowest BCUT2D eigenvalue weighted by atomic mass is 10.3. The van der Waals surface area contributed by atoms with Gasteiger partial charge in [0.1, 0.15) is 11.6 Å². The number of rotatable bonds is 3. The molecule has 9 heteroatoms. The van der Waals surface area contributed by atoms with Crippen LogP contribution in [-0.2, 0) is 0 Å². The summed E-state index contributed by atoms with van der Waals surface area (Å²) in [5, 5.41) is 14.0. The van der Waals surface area contributed by atoms with Gasteiger partial charge in [-0.3, -0.25) is 0 Å². The van der Waals surface area contributed by atoms with Crippen LogP contribution in [0.1, 0.15) is 0 Å². The van der Waals surface area contributed by atoms with Gasteiger partial charge in [-0.15, -0.1) is 0 Å². The van der Waals surface area contributed by atoms with E-state index in [-0.39, 0.29) is 5.69 Å². The molecule has 0 atom stereocenters. The Morgan fingerprint density at radius 3 is 2.38 bits per heavy atom. The monoisotopic (exact) mass is 359 g/mol. The number of benzene rings is 1. The predicted molar refractivity (Wildman–Crippen MR) is 95.1 cm³/mol. The highest BCUT2D eigenvalue weighted by atomic mass is 19.1. The Morgan fingerprint density at radius 1 is 1.04 bits per heavy atom. The molecule has 3 rings (SSSR count). The fourth-order valence-corrected chi connectivity index (χ4v) is 2.62. The summed E-state index contributed by atoms with van der Waals surface area (Å²) in [6, 6.07) is 8.75. The number of pyridine rings is 1. The van der Waals surface area contributed by atoms with Gasteiger partial charge in [0.2, 0.25) is 0 Å². The molecule has 0 aliphatic carbocycles. The zero-order chi connectivity index (χ0) is 18.5. The first kappa shape index (κ1) is 17.5. The Bertz CT molecular complexity index is 791. The molecule has 0 spiro atoms. The fraction of sp³-hybridized carbons (Fsp3) is 0.235. The zero-order valence-corrected chi connectivity index (χ0v) is 13.9. The van der Waals surface area contributed by atoms with Crippen LogP contribution in [-0.4, -0.2) is 53.3 Å². The van der Waals surface area contributed by atoms with E-state index in [1.165, 1.54) is 29.3 Å². The molecular formula is C17H18FN5O3. The van der Waals surface area contributed by atoms with E-state index in [1.54, 1.807) is 18.2 Å². The molecule has 1 aromatic carbocycles. The van der Waals surface area contributed by atoms with Gasteiger partial charge in [-0.25, -0.2) is 19.0 Å². The Balaban J connectivity index is 1.55. The summed E-state index contributed by atoms with van der Waals surface area (Å²) < 4.78 is 13.5. The number of aromatic nitrogens is 1. The molecular weight excluding hydrogens is 341 g/mol. The number of carbonyl (C=O) groups is 2. The number of carboxylic acid groups (broad SMARTS) is 1. The molecule has 8 nitrogen and oxygen atoms in total. The van der Waals surface area contributed by atoms with Crippen molar-refractivity contribution < 1.29 is 19.1 Å². The van der Waals surface area contributed by atoms with Crippen LogP contribution in [0, 0.1) is 5.82 Å². The molecule has 3 N–H and O–H groups in total. The number of anilines is 3. The van der Waals surface area contributed by atoms with E-state index >= 15 is 0 Å². The fourth-order valence-electron chi connectivity index (χ4n) is 2.62. The smallest absolute Gasteiger partial charge is 0.407 e. The minimum atomic E-state index is -0.918. The molecule has 0 bridgehead atoms. The number of nitrogens with zero attached hydrogens (tertiary/aromatic N) is 3. The minimum absolute atomic E-state index is 0.0888. The number of nitrogens with one attached hydrogen (secondary N) is 2. The molecule has 1 saturated heterocycles. The van der Waals surface area contributed by atoms with Crippen molar-refractivity contribution >= 4 is 29.3 Å². The van der Waals surface area contributed by atoms with Gasteiger partial charge in [-0.1, -0.05) is 12.1 Å². The standard InChI is InChI=1S/C17H18FN5O3/c18-13-3-1-2-4-14(13)21-16(24)20-12-5-6-15(19-11-12)22-7-9-23(10-8-22)17(25)26/h1-6,11H,7-10H2,(H,25,26)(H2,20,21,24). The number of amides is 3. The van der Waals surface area contributed by atoms with Gasteiger partial charge in [0.05, 0.1) is 17.6 Å². The van der Waals surface area contributed by atoms with Gasteiger partial charge in [0.15, 0.2) is 0 Å². The number of para-hydroxylation sites is 1. The largest absolute Gasteiger partial charge is 0.465 e. The molecule has 3 amide bonds. The summed E-state index contributed by atoms with van der Waals surface area (Å²) in [7, 11) is 0. The van der Waals surface area contributed by atoms with Crippen molar-refractivity contribution in [3.05, 3.63) is 48.4 Å². The average Bonchev–Trinajstić information content (AvgIpc) is 2.64. The molecule has 0 unspecified atom stereocenters. The first-order valence-corrected chi connectivity index (χ1v) is 8.04. The first-order chi connectivity index (χ1) is 12.5. The van der Waals surface area contributed by atoms with Crippen LogP contribution in [0.3, 0.4) is 0 Å².